The molecule has 1 heterocycles. The van der Waals surface area contributed by atoms with E-state index in [0.717, 1.165) is 16.9 Å². The maximum absolute atomic E-state index is 5.98. The number of halogens is 2. The van der Waals surface area contributed by atoms with E-state index in [0.29, 0.717) is 16.7 Å². The van der Waals surface area contributed by atoms with Gasteiger partial charge >= 0.3 is 0 Å². The molecule has 0 aliphatic heterocycles. The molecule has 0 bridgehead atoms. The molecule has 0 unspecified atom stereocenters. The van der Waals surface area contributed by atoms with Crippen molar-refractivity contribution >= 4 is 29.4 Å². The normalized spacial score (nSPS) is 11.0. The summed E-state index contributed by atoms with van der Waals surface area (Å²) in [5.41, 5.74) is 1.90. The molecule has 0 amide bonds. The minimum absolute atomic E-state index is 0.422. The van der Waals surface area contributed by atoms with Crippen molar-refractivity contribution in [3.8, 4) is 5.75 Å². The molecule has 7 heteroatoms. The Balaban J connectivity index is 1.60. The Morgan fingerprint density at radius 2 is 1.74 bits per heavy atom. The van der Waals surface area contributed by atoms with E-state index < -0.39 is 0 Å². The molecule has 2 aromatic carbocycles. The van der Waals surface area contributed by atoms with Crippen LogP contribution in [0.2, 0.25) is 10.0 Å². The van der Waals surface area contributed by atoms with Gasteiger partial charge in [-0.3, -0.25) is 0 Å². The summed E-state index contributed by atoms with van der Waals surface area (Å²) in [5.74, 6) is 0.762. The topological polar surface area (TPSA) is 52.3 Å². The van der Waals surface area contributed by atoms with E-state index in [2.05, 4.69) is 15.3 Å². The van der Waals surface area contributed by atoms with Crippen LogP contribution in [0.1, 0.15) is 11.1 Å². The number of nitrogens with zero attached hydrogens (tertiary/aromatic N) is 4. The summed E-state index contributed by atoms with van der Waals surface area (Å²) in [6.45, 7) is 0.422. The Hall–Kier alpha value is -2.37. The molecule has 0 aliphatic rings. The predicted molar refractivity (Wildman–Crippen MR) is 90.3 cm³/mol. The molecule has 0 atom stereocenters. The average molecular weight is 347 g/mol. The van der Waals surface area contributed by atoms with E-state index in [1.165, 1.54) is 17.3 Å². The molecule has 3 rings (SSSR count). The van der Waals surface area contributed by atoms with Gasteiger partial charge in [-0.1, -0.05) is 29.3 Å². The van der Waals surface area contributed by atoms with Crippen molar-refractivity contribution in [2.24, 2.45) is 5.10 Å². The molecule has 1 aromatic heterocycles. The fourth-order valence-corrected chi connectivity index (χ4v) is 2.16. The van der Waals surface area contributed by atoms with Crippen LogP contribution in [-0.4, -0.2) is 21.1 Å². The van der Waals surface area contributed by atoms with E-state index in [9.17, 15) is 0 Å². The molecular formula is C16H12Cl2N4O. The van der Waals surface area contributed by atoms with E-state index in [1.54, 1.807) is 18.3 Å². The van der Waals surface area contributed by atoms with Crippen LogP contribution in [0.5, 0.6) is 5.75 Å². The second-order valence-electron chi connectivity index (χ2n) is 4.69. The largest absolute Gasteiger partial charge is 0.489 e. The lowest BCUT2D eigenvalue weighted by atomic mass is 10.2. The number of rotatable bonds is 5. The zero-order valence-corrected chi connectivity index (χ0v) is 13.4. The molecule has 23 heavy (non-hydrogen) atoms. The summed E-state index contributed by atoms with van der Waals surface area (Å²) in [4.78, 5) is 0. The minimum atomic E-state index is 0.422. The summed E-state index contributed by atoms with van der Waals surface area (Å²) in [6.07, 6.45) is 4.75. The summed E-state index contributed by atoms with van der Waals surface area (Å²) in [6, 6.07) is 13.0. The lowest BCUT2D eigenvalue weighted by Gasteiger charge is -2.07. The Morgan fingerprint density at radius 1 is 1.00 bits per heavy atom. The van der Waals surface area contributed by atoms with Crippen LogP contribution in [0.25, 0.3) is 0 Å². The quantitative estimate of drug-likeness (QED) is 0.655. The standard InChI is InChI=1S/C16H12Cl2N4O/c17-15-6-3-13(7-16(15)18)9-23-14-4-1-12(2-5-14)8-21-22-10-19-20-11-22/h1-8,10-11H,9H2/b21-8-. The average Bonchev–Trinajstić information content (AvgIpc) is 3.08. The Bertz CT molecular complexity index is 801. The summed E-state index contributed by atoms with van der Waals surface area (Å²) in [5, 5.41) is 12.6. The molecule has 0 spiro atoms. The van der Waals surface area contributed by atoms with E-state index in [4.69, 9.17) is 27.9 Å². The fraction of sp³-hybridized carbons (Fsp3) is 0.0625. The predicted octanol–water partition coefficient (Wildman–Crippen LogP) is 4.05. The van der Waals surface area contributed by atoms with Crippen molar-refractivity contribution < 1.29 is 4.74 Å². The van der Waals surface area contributed by atoms with Crippen LogP contribution in [-0.2, 0) is 6.61 Å². The van der Waals surface area contributed by atoms with Crippen LogP contribution >= 0.6 is 23.2 Å². The van der Waals surface area contributed by atoms with Crippen molar-refractivity contribution in [2.75, 3.05) is 0 Å². The van der Waals surface area contributed by atoms with Gasteiger partial charge in [0.15, 0.2) is 0 Å². The van der Waals surface area contributed by atoms with Crippen LogP contribution in [0, 0.1) is 0 Å². The van der Waals surface area contributed by atoms with Gasteiger partial charge < -0.3 is 4.74 Å². The zero-order chi connectivity index (χ0) is 16.1. The van der Waals surface area contributed by atoms with Crippen LogP contribution in [0.15, 0.2) is 60.2 Å². The van der Waals surface area contributed by atoms with Crippen molar-refractivity contribution in [3.05, 3.63) is 76.3 Å². The van der Waals surface area contributed by atoms with Gasteiger partial charge in [-0.15, -0.1) is 10.2 Å². The third-order valence-corrected chi connectivity index (χ3v) is 3.76. The molecule has 0 fully saturated rings. The van der Waals surface area contributed by atoms with Gasteiger partial charge in [0.1, 0.15) is 25.0 Å². The second-order valence-corrected chi connectivity index (χ2v) is 5.51. The highest BCUT2D eigenvalue weighted by atomic mass is 35.5. The van der Waals surface area contributed by atoms with Gasteiger partial charge in [0.2, 0.25) is 0 Å². The fourth-order valence-electron chi connectivity index (χ4n) is 1.83. The number of ether oxygens (including phenoxy) is 1. The van der Waals surface area contributed by atoms with Gasteiger partial charge in [-0.2, -0.15) is 5.10 Å². The Kier molecular flexibility index (Phi) is 4.90. The van der Waals surface area contributed by atoms with Crippen molar-refractivity contribution in [1.29, 1.82) is 0 Å². The first-order valence-corrected chi connectivity index (χ1v) is 7.52. The molecule has 0 N–H and O–H groups in total. The molecule has 0 aliphatic carbocycles. The maximum atomic E-state index is 5.98. The first-order chi connectivity index (χ1) is 11.2. The van der Waals surface area contributed by atoms with Gasteiger partial charge in [0.25, 0.3) is 0 Å². The number of aromatic nitrogens is 3. The highest BCUT2D eigenvalue weighted by Crippen LogP contribution is 2.23. The Morgan fingerprint density at radius 3 is 2.43 bits per heavy atom. The third kappa shape index (κ3) is 4.31. The molecule has 0 radical (unpaired) electrons. The first-order valence-electron chi connectivity index (χ1n) is 6.76. The minimum Gasteiger partial charge on any atom is -0.489 e. The molecule has 0 saturated heterocycles. The number of hydrogen-bond donors (Lipinski definition) is 0. The number of benzene rings is 2. The maximum Gasteiger partial charge on any atom is 0.141 e. The van der Waals surface area contributed by atoms with E-state index in [1.807, 2.05) is 30.3 Å². The van der Waals surface area contributed by atoms with Crippen molar-refractivity contribution in [1.82, 2.24) is 14.9 Å². The van der Waals surface area contributed by atoms with E-state index in [-0.39, 0.29) is 0 Å². The monoisotopic (exact) mass is 346 g/mol. The van der Waals surface area contributed by atoms with Crippen LogP contribution < -0.4 is 4.74 Å². The Labute approximate surface area is 143 Å². The van der Waals surface area contributed by atoms with E-state index >= 15 is 0 Å². The van der Waals surface area contributed by atoms with Gasteiger partial charge in [0, 0.05) is 0 Å². The first kappa shape index (κ1) is 15.5. The molecule has 116 valence electrons. The number of hydrogen-bond acceptors (Lipinski definition) is 4. The lowest BCUT2D eigenvalue weighted by molar-refractivity contribution is 0.306. The summed E-state index contributed by atoms with van der Waals surface area (Å²) in [7, 11) is 0. The zero-order valence-electron chi connectivity index (χ0n) is 11.9. The highest BCUT2D eigenvalue weighted by molar-refractivity contribution is 6.42. The lowest BCUT2D eigenvalue weighted by Crippen LogP contribution is -1.95. The molecule has 5 nitrogen and oxygen atoms in total. The highest BCUT2D eigenvalue weighted by Gasteiger charge is 2.01. The summed E-state index contributed by atoms with van der Waals surface area (Å²) >= 11 is 11.9. The smallest absolute Gasteiger partial charge is 0.141 e. The van der Waals surface area contributed by atoms with Gasteiger partial charge in [-0.05, 0) is 47.5 Å². The SMILES string of the molecule is Clc1ccc(COc2ccc(/C=N\n3cnnc3)cc2)cc1Cl. The molecule has 0 saturated carbocycles. The second kappa shape index (κ2) is 7.26. The van der Waals surface area contributed by atoms with Crippen LogP contribution in [0.3, 0.4) is 0 Å². The van der Waals surface area contributed by atoms with Crippen molar-refractivity contribution in [3.63, 3.8) is 0 Å². The van der Waals surface area contributed by atoms with Gasteiger partial charge in [0.05, 0.1) is 16.3 Å². The third-order valence-electron chi connectivity index (χ3n) is 3.02. The molecular weight excluding hydrogens is 335 g/mol. The van der Waals surface area contributed by atoms with Gasteiger partial charge in [-0.25, -0.2) is 4.68 Å². The van der Waals surface area contributed by atoms with Crippen molar-refractivity contribution in [2.45, 2.75) is 6.61 Å². The van der Waals surface area contributed by atoms with Crippen LogP contribution in [0.4, 0.5) is 0 Å². The summed E-state index contributed by atoms with van der Waals surface area (Å²) < 4.78 is 7.24. The molecule has 3 aromatic rings.